The first-order valence-corrected chi connectivity index (χ1v) is 12.1. The number of aliphatic hydroxyl groups is 1. The number of amides is 3. The number of carbonyl (C=O) groups excluding carboxylic acids is 3. The first-order chi connectivity index (χ1) is 16.1. The van der Waals surface area contributed by atoms with Crippen LogP contribution in [0.1, 0.15) is 77.8 Å². The Morgan fingerprint density at radius 3 is 2.44 bits per heavy atom. The van der Waals surface area contributed by atoms with E-state index in [0.29, 0.717) is 24.9 Å². The number of nitrogens with zero attached hydrogens (tertiary/aromatic N) is 1. The fourth-order valence-electron chi connectivity index (χ4n) is 3.81. The number of phenolic OH excluding ortho intramolecular Hbond substituents is 1. The highest BCUT2D eigenvalue weighted by Gasteiger charge is 2.41. The van der Waals surface area contributed by atoms with Gasteiger partial charge in [0.05, 0.1) is 6.61 Å². The Hall–Kier alpha value is -2.81. The van der Waals surface area contributed by atoms with E-state index in [0.717, 1.165) is 25.7 Å². The molecular formula is C25H39N3O6. The van der Waals surface area contributed by atoms with Crippen molar-refractivity contribution in [1.29, 1.82) is 0 Å². The minimum Gasteiger partial charge on any atom is -0.508 e. The van der Waals surface area contributed by atoms with Crippen LogP contribution >= 0.6 is 0 Å². The number of nitrogens with one attached hydrogen (secondary N) is 2. The number of carbonyl (C=O) groups is 3. The van der Waals surface area contributed by atoms with E-state index in [1.165, 1.54) is 17.0 Å². The summed E-state index contributed by atoms with van der Waals surface area (Å²) in [5, 5.41) is 25.3. The van der Waals surface area contributed by atoms with Gasteiger partial charge in [0.15, 0.2) is 0 Å². The Labute approximate surface area is 201 Å². The van der Waals surface area contributed by atoms with Crippen LogP contribution in [-0.2, 0) is 14.3 Å². The number of benzene rings is 1. The van der Waals surface area contributed by atoms with Crippen LogP contribution < -0.4 is 10.6 Å². The predicted octanol–water partition coefficient (Wildman–Crippen LogP) is 3.01. The summed E-state index contributed by atoms with van der Waals surface area (Å²) >= 11 is 0. The quantitative estimate of drug-likeness (QED) is 0.363. The lowest BCUT2D eigenvalue weighted by Crippen LogP contribution is -2.58. The van der Waals surface area contributed by atoms with Crippen molar-refractivity contribution in [2.24, 2.45) is 0 Å². The number of aliphatic hydroxyl groups excluding tert-OH is 1. The lowest BCUT2D eigenvalue weighted by molar-refractivity contribution is -0.148. The summed E-state index contributed by atoms with van der Waals surface area (Å²) in [4.78, 5) is 40.8. The molecule has 1 saturated carbocycles. The lowest BCUT2D eigenvalue weighted by Gasteiger charge is -2.43. The molecule has 2 unspecified atom stereocenters. The first-order valence-electron chi connectivity index (χ1n) is 12.1. The van der Waals surface area contributed by atoms with Gasteiger partial charge in [-0.15, -0.1) is 0 Å². The molecule has 0 bridgehead atoms. The molecule has 1 aliphatic rings. The van der Waals surface area contributed by atoms with Crippen molar-refractivity contribution in [3.05, 3.63) is 29.8 Å². The third kappa shape index (κ3) is 7.90. The van der Waals surface area contributed by atoms with Crippen LogP contribution in [0.5, 0.6) is 5.75 Å². The smallest absolute Gasteiger partial charge is 0.408 e. The molecule has 34 heavy (non-hydrogen) atoms. The van der Waals surface area contributed by atoms with Gasteiger partial charge in [0.1, 0.15) is 23.4 Å². The average molecular weight is 478 g/mol. The van der Waals surface area contributed by atoms with Gasteiger partial charge in [-0.3, -0.25) is 9.59 Å². The van der Waals surface area contributed by atoms with Crippen LogP contribution in [0.15, 0.2) is 24.3 Å². The highest BCUT2D eigenvalue weighted by molar-refractivity contribution is 5.92. The molecule has 1 aromatic rings. The second-order valence-electron chi connectivity index (χ2n) is 9.71. The molecule has 2 rings (SSSR count). The fourth-order valence-corrected chi connectivity index (χ4v) is 3.81. The maximum absolute atomic E-state index is 13.6. The summed E-state index contributed by atoms with van der Waals surface area (Å²) in [7, 11) is 0. The molecule has 0 saturated heterocycles. The number of unbranched alkanes of at least 4 members (excludes halogenated alkanes) is 2. The summed E-state index contributed by atoms with van der Waals surface area (Å²) in [5.74, 6) is -0.959. The zero-order chi connectivity index (χ0) is 25.3. The minimum absolute atomic E-state index is 0.0205. The molecule has 9 heteroatoms. The van der Waals surface area contributed by atoms with Crippen molar-refractivity contribution in [2.45, 2.75) is 89.9 Å². The highest BCUT2D eigenvalue weighted by atomic mass is 16.6. The predicted molar refractivity (Wildman–Crippen MR) is 128 cm³/mol. The second kappa shape index (κ2) is 12.6. The lowest BCUT2D eigenvalue weighted by atomic mass is 9.88. The number of ether oxygens (including phenoxy) is 1. The molecule has 190 valence electrons. The first kappa shape index (κ1) is 27.4. The molecule has 0 spiro atoms. The minimum atomic E-state index is -1.27. The van der Waals surface area contributed by atoms with E-state index in [4.69, 9.17) is 4.74 Å². The number of hydrogen-bond donors (Lipinski definition) is 4. The van der Waals surface area contributed by atoms with E-state index in [-0.39, 0.29) is 17.7 Å². The van der Waals surface area contributed by atoms with E-state index in [2.05, 4.69) is 17.6 Å². The van der Waals surface area contributed by atoms with Crippen LogP contribution in [0.25, 0.3) is 0 Å². The number of alkyl carbamates (subject to hydrolysis) is 1. The summed E-state index contributed by atoms with van der Waals surface area (Å²) in [5.41, 5.74) is -0.314. The van der Waals surface area contributed by atoms with Gasteiger partial charge in [-0.1, -0.05) is 31.9 Å². The monoisotopic (exact) mass is 477 g/mol. The van der Waals surface area contributed by atoms with Crippen LogP contribution in [0.2, 0.25) is 0 Å². The molecular weight excluding hydrogens is 438 g/mol. The standard InChI is InChI=1S/C25H39N3O6/c1-5-6-7-14-26-22(31)21(17-10-8-13-19(30)15-17)28(18-11-9-12-18)23(32)20(16-29)27-24(33)34-25(2,3)4/h8,10,13,15,18,20-21,29-30H,5-7,9,11-12,14,16H2,1-4H3,(H,26,31)(H,27,33). The summed E-state index contributed by atoms with van der Waals surface area (Å²) in [6.07, 6.45) is 4.27. The molecule has 4 N–H and O–H groups in total. The van der Waals surface area contributed by atoms with Gasteiger partial charge in [-0.2, -0.15) is 0 Å². The van der Waals surface area contributed by atoms with Gasteiger partial charge in [-0.05, 0) is 64.2 Å². The van der Waals surface area contributed by atoms with E-state index in [1.54, 1.807) is 32.9 Å². The van der Waals surface area contributed by atoms with Crippen LogP contribution in [-0.4, -0.2) is 63.9 Å². The Kier molecular flexibility index (Phi) is 10.2. The molecule has 0 aliphatic heterocycles. The van der Waals surface area contributed by atoms with Gasteiger partial charge in [0.2, 0.25) is 11.8 Å². The van der Waals surface area contributed by atoms with E-state index in [9.17, 15) is 24.6 Å². The normalized spacial score (nSPS) is 15.6. The molecule has 9 nitrogen and oxygen atoms in total. The van der Waals surface area contributed by atoms with Gasteiger partial charge < -0.3 is 30.5 Å². The zero-order valence-corrected chi connectivity index (χ0v) is 20.7. The molecule has 3 amide bonds. The Balaban J connectivity index is 2.35. The van der Waals surface area contributed by atoms with Crippen molar-refractivity contribution in [3.8, 4) is 5.75 Å². The van der Waals surface area contributed by atoms with Crippen molar-refractivity contribution < 1.29 is 29.3 Å². The third-order valence-electron chi connectivity index (χ3n) is 5.69. The summed E-state index contributed by atoms with van der Waals surface area (Å²) in [6, 6.07) is 3.75. The number of aromatic hydroxyl groups is 1. The van der Waals surface area contributed by atoms with E-state index >= 15 is 0 Å². The number of hydrogen-bond acceptors (Lipinski definition) is 6. The van der Waals surface area contributed by atoms with Crippen molar-refractivity contribution in [1.82, 2.24) is 15.5 Å². The molecule has 1 fully saturated rings. The number of rotatable bonds is 11. The largest absolute Gasteiger partial charge is 0.508 e. The molecule has 1 aromatic carbocycles. The average Bonchev–Trinajstić information content (AvgIpc) is 2.71. The zero-order valence-electron chi connectivity index (χ0n) is 20.7. The molecule has 0 radical (unpaired) electrons. The summed E-state index contributed by atoms with van der Waals surface area (Å²) in [6.45, 7) is 6.99. The maximum Gasteiger partial charge on any atom is 0.408 e. The molecule has 1 aliphatic carbocycles. The fraction of sp³-hybridized carbons (Fsp3) is 0.640. The van der Waals surface area contributed by atoms with Crippen LogP contribution in [0.3, 0.4) is 0 Å². The SMILES string of the molecule is CCCCCNC(=O)C(c1cccc(O)c1)N(C(=O)C(CO)NC(=O)OC(C)(C)C)C1CCC1. The Morgan fingerprint density at radius 1 is 1.21 bits per heavy atom. The van der Waals surface area contributed by atoms with Crippen LogP contribution in [0, 0.1) is 0 Å². The topological polar surface area (TPSA) is 128 Å². The molecule has 2 atom stereocenters. The molecule has 0 aromatic heterocycles. The van der Waals surface area contributed by atoms with Gasteiger partial charge in [0.25, 0.3) is 0 Å². The summed E-state index contributed by atoms with van der Waals surface area (Å²) < 4.78 is 5.24. The van der Waals surface area contributed by atoms with Gasteiger partial charge in [-0.25, -0.2) is 4.79 Å². The van der Waals surface area contributed by atoms with Crippen molar-refractivity contribution in [2.75, 3.05) is 13.2 Å². The Bertz CT molecular complexity index is 834. The number of phenols is 1. The Morgan fingerprint density at radius 2 is 1.91 bits per heavy atom. The van der Waals surface area contributed by atoms with Gasteiger partial charge in [0, 0.05) is 12.6 Å². The van der Waals surface area contributed by atoms with E-state index in [1.807, 2.05) is 0 Å². The highest BCUT2D eigenvalue weighted by Crippen LogP contribution is 2.34. The van der Waals surface area contributed by atoms with Crippen molar-refractivity contribution in [3.63, 3.8) is 0 Å². The van der Waals surface area contributed by atoms with Crippen LogP contribution in [0.4, 0.5) is 4.79 Å². The van der Waals surface area contributed by atoms with Gasteiger partial charge >= 0.3 is 6.09 Å². The maximum atomic E-state index is 13.6. The van der Waals surface area contributed by atoms with E-state index < -0.39 is 36.3 Å². The molecule has 0 heterocycles. The third-order valence-corrected chi connectivity index (χ3v) is 5.69. The second-order valence-corrected chi connectivity index (χ2v) is 9.71. The van der Waals surface area contributed by atoms with Crippen molar-refractivity contribution >= 4 is 17.9 Å².